The van der Waals surface area contributed by atoms with Crippen LogP contribution in [0, 0.1) is 0 Å². The summed E-state index contributed by atoms with van der Waals surface area (Å²) in [6.07, 6.45) is 2.55. The van der Waals surface area contributed by atoms with Gasteiger partial charge in [0.25, 0.3) is 0 Å². The number of nitrogens with one attached hydrogen (secondary N) is 1. The first-order valence-corrected chi connectivity index (χ1v) is 6.74. The first-order valence-electron chi connectivity index (χ1n) is 6.74. The van der Waals surface area contributed by atoms with Crippen LogP contribution in [0.2, 0.25) is 0 Å². The zero-order valence-corrected chi connectivity index (χ0v) is 11.7. The van der Waals surface area contributed by atoms with E-state index in [9.17, 15) is 9.59 Å². The van der Waals surface area contributed by atoms with Gasteiger partial charge in [-0.2, -0.15) is 0 Å². The Kier molecular flexibility index (Phi) is 3.57. The molecule has 1 unspecified atom stereocenters. The Bertz CT molecular complexity index is 682. The van der Waals surface area contributed by atoms with E-state index < -0.39 is 6.04 Å². The molecule has 1 aliphatic rings. The Labute approximate surface area is 121 Å². The van der Waals surface area contributed by atoms with Crippen molar-refractivity contribution in [2.45, 2.75) is 6.04 Å². The predicted molar refractivity (Wildman–Crippen MR) is 76.6 cm³/mol. The van der Waals surface area contributed by atoms with E-state index in [-0.39, 0.29) is 12.5 Å². The molecule has 1 saturated heterocycles. The highest BCUT2D eigenvalue weighted by atomic mass is 16.5. The van der Waals surface area contributed by atoms with Gasteiger partial charge < -0.3 is 15.0 Å². The van der Waals surface area contributed by atoms with Crippen LogP contribution in [-0.4, -0.2) is 54.4 Å². The Morgan fingerprint density at radius 2 is 2.38 bits per heavy atom. The van der Waals surface area contributed by atoms with Gasteiger partial charge in [-0.3, -0.25) is 14.0 Å². The third-order valence-electron chi connectivity index (χ3n) is 3.61. The molecule has 1 atom stereocenters. The number of pyridine rings is 1. The van der Waals surface area contributed by atoms with Crippen molar-refractivity contribution >= 4 is 23.7 Å². The second-order valence-corrected chi connectivity index (χ2v) is 4.77. The van der Waals surface area contributed by atoms with E-state index in [1.165, 1.54) is 0 Å². The number of amides is 1. The molecule has 1 N–H and O–H groups in total. The summed E-state index contributed by atoms with van der Waals surface area (Å²) in [7, 11) is 1.58. The number of fused-ring (bicyclic) bond motifs is 1. The van der Waals surface area contributed by atoms with Crippen LogP contribution in [0.3, 0.4) is 0 Å². The van der Waals surface area contributed by atoms with Crippen molar-refractivity contribution in [1.82, 2.24) is 14.7 Å². The van der Waals surface area contributed by atoms with Gasteiger partial charge >= 0.3 is 0 Å². The van der Waals surface area contributed by atoms with Gasteiger partial charge in [0.05, 0.1) is 13.2 Å². The molecule has 0 aliphatic carbocycles. The number of ether oxygens (including phenoxy) is 1. The fourth-order valence-corrected chi connectivity index (χ4v) is 2.56. The monoisotopic (exact) mass is 288 g/mol. The van der Waals surface area contributed by atoms with Gasteiger partial charge in [-0.1, -0.05) is 6.07 Å². The second kappa shape index (κ2) is 5.53. The van der Waals surface area contributed by atoms with Crippen LogP contribution >= 0.6 is 0 Å². The van der Waals surface area contributed by atoms with Gasteiger partial charge in [0.15, 0.2) is 12.1 Å². The molecule has 21 heavy (non-hydrogen) atoms. The summed E-state index contributed by atoms with van der Waals surface area (Å²) in [5, 5.41) is 2.62. The van der Waals surface area contributed by atoms with Crippen LogP contribution in [0.4, 0.5) is 5.82 Å². The van der Waals surface area contributed by atoms with Crippen molar-refractivity contribution < 1.29 is 14.3 Å². The van der Waals surface area contributed by atoms with Crippen LogP contribution in [0.1, 0.15) is 10.5 Å². The molecule has 7 heteroatoms. The molecular weight excluding hydrogens is 272 g/mol. The van der Waals surface area contributed by atoms with Crippen LogP contribution < -0.4 is 10.2 Å². The molecule has 3 heterocycles. The number of aromatic nitrogens is 2. The minimum Gasteiger partial charge on any atom is -0.377 e. The maximum Gasteiger partial charge on any atom is 0.244 e. The van der Waals surface area contributed by atoms with Crippen molar-refractivity contribution in [3.8, 4) is 0 Å². The number of carbonyl (C=O) groups is 2. The number of nitrogens with zero attached hydrogens (tertiary/aromatic N) is 3. The van der Waals surface area contributed by atoms with E-state index in [2.05, 4.69) is 10.3 Å². The number of aldehydes is 1. The largest absolute Gasteiger partial charge is 0.377 e. The number of likely N-dealkylation sites (N-methyl/N-ethyl adjacent to an activating group) is 1. The summed E-state index contributed by atoms with van der Waals surface area (Å²) < 4.78 is 7.10. The molecule has 110 valence electrons. The van der Waals surface area contributed by atoms with Gasteiger partial charge in [0.2, 0.25) is 5.91 Å². The third kappa shape index (κ3) is 2.25. The fraction of sp³-hybridized carbons (Fsp3) is 0.357. The van der Waals surface area contributed by atoms with Crippen molar-refractivity contribution in [1.29, 1.82) is 0 Å². The smallest absolute Gasteiger partial charge is 0.244 e. The zero-order chi connectivity index (χ0) is 14.8. The topological polar surface area (TPSA) is 75.9 Å². The van der Waals surface area contributed by atoms with Crippen molar-refractivity contribution in [2.75, 3.05) is 31.7 Å². The summed E-state index contributed by atoms with van der Waals surface area (Å²) in [6, 6.07) is 5.04. The zero-order valence-electron chi connectivity index (χ0n) is 11.7. The highest BCUT2D eigenvalue weighted by molar-refractivity contribution is 5.89. The van der Waals surface area contributed by atoms with E-state index in [0.29, 0.717) is 30.3 Å². The standard InChI is InChI=1S/C14H16N4O3/c1-15-14(20)11-9-21-7-6-18(11)13-10(8-19)17-5-3-2-4-12(17)16-13/h2-5,8,11H,6-7,9H2,1H3,(H,15,20). The average Bonchev–Trinajstić information content (AvgIpc) is 2.92. The number of hydrogen-bond acceptors (Lipinski definition) is 5. The molecule has 3 rings (SSSR count). The quantitative estimate of drug-likeness (QED) is 0.811. The molecule has 1 amide bonds. The van der Waals surface area contributed by atoms with Crippen molar-refractivity contribution in [3.05, 3.63) is 30.1 Å². The number of morpholine rings is 1. The molecule has 0 aromatic carbocycles. The molecule has 0 bridgehead atoms. The number of hydrogen-bond donors (Lipinski definition) is 1. The lowest BCUT2D eigenvalue weighted by Crippen LogP contribution is -2.53. The molecule has 2 aromatic heterocycles. The number of carbonyl (C=O) groups excluding carboxylic acids is 2. The number of imidazole rings is 1. The van der Waals surface area contributed by atoms with Crippen molar-refractivity contribution in [3.63, 3.8) is 0 Å². The summed E-state index contributed by atoms with van der Waals surface area (Å²) in [5.41, 5.74) is 1.12. The van der Waals surface area contributed by atoms with Gasteiger partial charge in [-0.25, -0.2) is 4.98 Å². The van der Waals surface area contributed by atoms with Crippen LogP contribution in [0.5, 0.6) is 0 Å². The lowest BCUT2D eigenvalue weighted by molar-refractivity contribution is -0.124. The summed E-state index contributed by atoms with van der Waals surface area (Å²) >= 11 is 0. The molecule has 1 aliphatic heterocycles. The van der Waals surface area contributed by atoms with Crippen LogP contribution in [0.15, 0.2) is 24.4 Å². The molecule has 7 nitrogen and oxygen atoms in total. The van der Waals surface area contributed by atoms with E-state index in [1.54, 1.807) is 17.6 Å². The molecule has 2 aromatic rings. The summed E-state index contributed by atoms with van der Waals surface area (Å²) in [4.78, 5) is 29.8. The van der Waals surface area contributed by atoms with Crippen molar-refractivity contribution in [2.24, 2.45) is 0 Å². The highest BCUT2D eigenvalue weighted by Gasteiger charge is 2.32. The first kappa shape index (κ1) is 13.6. The van der Waals surface area contributed by atoms with Gasteiger partial charge in [-0.05, 0) is 12.1 Å². The number of rotatable bonds is 3. The molecule has 1 fully saturated rings. The third-order valence-corrected chi connectivity index (χ3v) is 3.61. The fourth-order valence-electron chi connectivity index (χ4n) is 2.56. The maximum absolute atomic E-state index is 12.0. The molecule has 0 spiro atoms. The van der Waals surface area contributed by atoms with E-state index in [1.807, 2.05) is 23.1 Å². The Morgan fingerprint density at radius 3 is 3.14 bits per heavy atom. The predicted octanol–water partition coefficient (Wildman–Crippen LogP) is 0.0980. The average molecular weight is 288 g/mol. The summed E-state index contributed by atoms with van der Waals surface area (Å²) in [6.45, 7) is 1.30. The molecule has 0 saturated carbocycles. The Hall–Kier alpha value is -2.41. The number of anilines is 1. The van der Waals surface area contributed by atoms with Crippen LogP contribution in [0.25, 0.3) is 5.65 Å². The minimum atomic E-state index is -0.479. The van der Waals surface area contributed by atoms with Gasteiger partial charge in [0, 0.05) is 19.8 Å². The Balaban J connectivity index is 2.09. The SMILES string of the molecule is CNC(=O)C1COCCN1c1nc2ccccn2c1C=O. The molecular formula is C14H16N4O3. The van der Waals surface area contributed by atoms with Gasteiger partial charge in [0.1, 0.15) is 17.4 Å². The van der Waals surface area contributed by atoms with E-state index in [0.717, 1.165) is 6.29 Å². The summed E-state index contributed by atoms with van der Waals surface area (Å²) in [5.74, 6) is 0.372. The normalized spacial score (nSPS) is 18.7. The van der Waals surface area contributed by atoms with E-state index in [4.69, 9.17) is 4.74 Å². The maximum atomic E-state index is 12.0. The Morgan fingerprint density at radius 1 is 1.52 bits per heavy atom. The van der Waals surface area contributed by atoms with Gasteiger partial charge in [-0.15, -0.1) is 0 Å². The van der Waals surface area contributed by atoms with Crippen LogP contribution in [-0.2, 0) is 9.53 Å². The highest BCUT2D eigenvalue weighted by Crippen LogP contribution is 2.24. The second-order valence-electron chi connectivity index (χ2n) is 4.77. The first-order chi connectivity index (χ1) is 10.3. The lowest BCUT2D eigenvalue weighted by Gasteiger charge is -2.34. The minimum absolute atomic E-state index is 0.149. The van der Waals surface area contributed by atoms with E-state index >= 15 is 0 Å². The molecule has 0 radical (unpaired) electrons. The lowest BCUT2D eigenvalue weighted by atomic mass is 10.2.